The predicted octanol–water partition coefficient (Wildman–Crippen LogP) is 4.22. The topological polar surface area (TPSA) is 46.6 Å². The van der Waals surface area contributed by atoms with E-state index in [0.717, 1.165) is 11.8 Å². The third-order valence-electron chi connectivity index (χ3n) is 3.76. The predicted molar refractivity (Wildman–Crippen MR) is 99.0 cm³/mol. The molecule has 0 aliphatic carbocycles. The lowest BCUT2D eigenvalue weighted by molar-refractivity contribution is -0.164. The van der Waals surface area contributed by atoms with Gasteiger partial charge in [-0.25, -0.2) is 0 Å². The summed E-state index contributed by atoms with van der Waals surface area (Å²) in [5.74, 6) is -2.57. The first-order valence-corrected chi connectivity index (χ1v) is 8.63. The van der Waals surface area contributed by atoms with Crippen molar-refractivity contribution in [3.05, 3.63) is 78.0 Å². The highest BCUT2D eigenvalue weighted by Gasteiger charge is 2.41. The van der Waals surface area contributed by atoms with Crippen molar-refractivity contribution in [2.45, 2.75) is 19.6 Å². The number of carbonyl (C=O) groups is 2. The molecule has 2 aromatic rings. The summed E-state index contributed by atoms with van der Waals surface area (Å²) in [4.78, 5) is 25.3. The average Bonchev–Trinajstić information content (AvgIpc) is 2.66. The molecule has 2 aromatic carbocycles. The molecule has 4 nitrogen and oxygen atoms in total. The summed E-state index contributed by atoms with van der Waals surface area (Å²) in [5.41, 5.74) is 0.356. The molecule has 0 amide bonds. The van der Waals surface area contributed by atoms with E-state index in [2.05, 4.69) is 0 Å². The molecule has 0 spiro atoms. The molecular weight excluding hydrogens is 371 g/mol. The molecule has 0 atom stereocenters. The Bertz CT molecular complexity index is 818. The number of hydrogen-bond donors (Lipinski definition) is 0. The number of nitrogens with zero attached hydrogens (tertiary/aromatic N) is 1. The lowest BCUT2D eigenvalue weighted by Gasteiger charge is -2.22. The van der Waals surface area contributed by atoms with Crippen LogP contribution in [0.2, 0.25) is 0 Å². The van der Waals surface area contributed by atoms with Crippen molar-refractivity contribution in [1.29, 1.82) is 0 Å². The first-order chi connectivity index (χ1) is 13.3. The Morgan fingerprint density at radius 1 is 1.00 bits per heavy atom. The van der Waals surface area contributed by atoms with Crippen LogP contribution in [0.3, 0.4) is 0 Å². The minimum Gasteiger partial charge on any atom is -0.465 e. The standard InChI is InChI=1S/C21H20F3NO3/c1-2-28-19(26)15-25(13-16-9-5-3-6-10-16)14-18(20(27)21(22,23)24)17-11-7-4-8-12-17/h3-12,14H,2,13,15H2,1H3/b18-14+. The molecule has 28 heavy (non-hydrogen) atoms. The molecule has 0 radical (unpaired) electrons. The van der Waals surface area contributed by atoms with Gasteiger partial charge in [0.25, 0.3) is 5.78 Å². The van der Waals surface area contributed by atoms with Gasteiger partial charge in [0.05, 0.1) is 12.2 Å². The number of Topliss-reactive ketones (excluding diaryl/α,β-unsaturated/α-hetero) is 1. The molecule has 0 aromatic heterocycles. The summed E-state index contributed by atoms with van der Waals surface area (Å²) < 4.78 is 44.3. The van der Waals surface area contributed by atoms with Crippen LogP contribution in [0.1, 0.15) is 18.1 Å². The number of alkyl halides is 3. The van der Waals surface area contributed by atoms with Crippen LogP contribution in [-0.4, -0.2) is 36.0 Å². The van der Waals surface area contributed by atoms with Crippen molar-refractivity contribution in [3.8, 4) is 0 Å². The molecule has 2 rings (SSSR count). The Labute approximate surface area is 161 Å². The van der Waals surface area contributed by atoms with Crippen LogP contribution < -0.4 is 0 Å². The van der Waals surface area contributed by atoms with Gasteiger partial charge in [-0.15, -0.1) is 0 Å². The minimum atomic E-state index is -5.04. The van der Waals surface area contributed by atoms with Crippen LogP contribution in [0.5, 0.6) is 0 Å². The maximum absolute atomic E-state index is 13.1. The first-order valence-electron chi connectivity index (χ1n) is 8.63. The van der Waals surface area contributed by atoms with Crippen LogP contribution in [0.15, 0.2) is 66.9 Å². The second-order valence-corrected chi connectivity index (χ2v) is 5.93. The van der Waals surface area contributed by atoms with Crippen molar-refractivity contribution in [2.24, 2.45) is 0 Å². The number of allylic oxidation sites excluding steroid dienone is 1. The van der Waals surface area contributed by atoms with Gasteiger partial charge in [-0.3, -0.25) is 9.59 Å². The van der Waals surface area contributed by atoms with Crippen molar-refractivity contribution in [2.75, 3.05) is 13.2 Å². The van der Waals surface area contributed by atoms with Crippen LogP contribution in [0.4, 0.5) is 13.2 Å². The van der Waals surface area contributed by atoms with Crippen molar-refractivity contribution < 1.29 is 27.5 Å². The van der Waals surface area contributed by atoms with E-state index >= 15 is 0 Å². The number of hydrogen-bond acceptors (Lipinski definition) is 4. The highest BCUT2D eigenvalue weighted by molar-refractivity contribution is 6.23. The molecule has 7 heteroatoms. The molecule has 0 saturated heterocycles. The molecule has 0 fully saturated rings. The van der Waals surface area contributed by atoms with Gasteiger partial charge in [0.1, 0.15) is 6.54 Å². The van der Waals surface area contributed by atoms with E-state index in [1.165, 1.54) is 17.0 Å². The number of ether oxygens (including phenoxy) is 1. The summed E-state index contributed by atoms with van der Waals surface area (Å²) in [6.07, 6.45) is -3.96. The van der Waals surface area contributed by atoms with Crippen LogP contribution in [0, 0.1) is 0 Å². The number of halogens is 3. The Hall–Kier alpha value is -3.09. The van der Waals surface area contributed by atoms with Gasteiger partial charge in [0.15, 0.2) is 0 Å². The first kappa shape index (κ1) is 21.2. The fourth-order valence-corrected chi connectivity index (χ4v) is 2.55. The second kappa shape index (κ2) is 9.73. The van der Waals surface area contributed by atoms with E-state index in [1.807, 2.05) is 0 Å². The maximum atomic E-state index is 13.1. The zero-order chi connectivity index (χ0) is 20.6. The maximum Gasteiger partial charge on any atom is 0.454 e. The van der Waals surface area contributed by atoms with Gasteiger partial charge in [-0.1, -0.05) is 60.7 Å². The van der Waals surface area contributed by atoms with Gasteiger partial charge >= 0.3 is 12.1 Å². The van der Waals surface area contributed by atoms with E-state index in [4.69, 9.17) is 4.74 Å². The Morgan fingerprint density at radius 3 is 2.11 bits per heavy atom. The monoisotopic (exact) mass is 391 g/mol. The Balaban J connectivity index is 2.44. The highest BCUT2D eigenvalue weighted by Crippen LogP contribution is 2.27. The number of carbonyl (C=O) groups excluding carboxylic acids is 2. The summed E-state index contributed by atoms with van der Waals surface area (Å²) in [5, 5.41) is 0. The molecule has 0 N–H and O–H groups in total. The molecule has 0 bridgehead atoms. The fourth-order valence-electron chi connectivity index (χ4n) is 2.55. The summed E-state index contributed by atoms with van der Waals surface area (Å²) in [6, 6.07) is 16.5. The van der Waals surface area contributed by atoms with Crippen molar-refractivity contribution in [1.82, 2.24) is 4.90 Å². The van der Waals surface area contributed by atoms with E-state index in [-0.39, 0.29) is 25.3 Å². The number of esters is 1. The van der Waals surface area contributed by atoms with Crippen LogP contribution in [-0.2, 0) is 20.9 Å². The van der Waals surface area contributed by atoms with Crippen molar-refractivity contribution >= 4 is 17.3 Å². The molecule has 148 valence electrons. The Kier molecular flexibility index (Phi) is 7.37. The second-order valence-electron chi connectivity index (χ2n) is 5.93. The summed E-state index contributed by atoms with van der Waals surface area (Å²) >= 11 is 0. The molecule has 0 aliphatic rings. The van der Waals surface area contributed by atoms with E-state index in [0.29, 0.717) is 0 Å². The zero-order valence-electron chi connectivity index (χ0n) is 15.3. The van der Waals surface area contributed by atoms with E-state index < -0.39 is 23.5 Å². The average molecular weight is 391 g/mol. The number of benzene rings is 2. The highest BCUT2D eigenvalue weighted by atomic mass is 19.4. The quantitative estimate of drug-likeness (QED) is 0.499. The smallest absolute Gasteiger partial charge is 0.454 e. The zero-order valence-corrected chi connectivity index (χ0v) is 15.3. The molecule has 0 aliphatic heterocycles. The van der Waals surface area contributed by atoms with E-state index in [9.17, 15) is 22.8 Å². The van der Waals surface area contributed by atoms with Gasteiger partial charge in [-0.2, -0.15) is 13.2 Å². The molecule has 0 saturated carbocycles. The summed E-state index contributed by atoms with van der Waals surface area (Å²) in [6.45, 7) is 1.64. The van der Waals surface area contributed by atoms with Crippen LogP contribution >= 0.6 is 0 Å². The number of ketones is 1. The lowest BCUT2D eigenvalue weighted by atomic mass is 10.0. The minimum absolute atomic E-state index is 0.117. The molecular formula is C21H20F3NO3. The lowest BCUT2D eigenvalue weighted by Crippen LogP contribution is -2.29. The van der Waals surface area contributed by atoms with Crippen molar-refractivity contribution in [3.63, 3.8) is 0 Å². The Morgan fingerprint density at radius 2 is 1.57 bits per heavy atom. The molecule has 0 heterocycles. The largest absolute Gasteiger partial charge is 0.465 e. The van der Waals surface area contributed by atoms with Gasteiger partial charge in [-0.05, 0) is 18.1 Å². The van der Waals surface area contributed by atoms with Gasteiger partial charge < -0.3 is 9.64 Å². The van der Waals surface area contributed by atoms with Crippen LogP contribution in [0.25, 0.3) is 5.57 Å². The normalized spacial score (nSPS) is 11.8. The third kappa shape index (κ3) is 6.26. The molecule has 0 unspecified atom stereocenters. The SMILES string of the molecule is CCOC(=O)CN(/C=C(/C(=O)C(F)(F)F)c1ccccc1)Cc1ccccc1. The fraction of sp³-hybridized carbons (Fsp3) is 0.238. The van der Waals surface area contributed by atoms with Gasteiger partial charge in [0, 0.05) is 12.7 Å². The number of rotatable bonds is 8. The van der Waals surface area contributed by atoms with Gasteiger partial charge in [0.2, 0.25) is 0 Å². The third-order valence-corrected chi connectivity index (χ3v) is 3.76. The summed E-state index contributed by atoms with van der Waals surface area (Å²) in [7, 11) is 0. The van der Waals surface area contributed by atoms with E-state index in [1.54, 1.807) is 55.5 Å².